The molecule has 1 aliphatic heterocycles. The second-order valence-corrected chi connectivity index (χ2v) is 10.8. The van der Waals surface area contributed by atoms with E-state index in [2.05, 4.69) is 17.5 Å². The number of fused-ring (bicyclic) bond motifs is 1. The molecule has 1 saturated heterocycles. The summed E-state index contributed by atoms with van der Waals surface area (Å²) in [7, 11) is 4.56. The number of allylic oxidation sites excluding steroid dienone is 2. The number of carbonyl (C=O) groups excluding carboxylic acids is 3. The van der Waals surface area contributed by atoms with E-state index in [0.717, 1.165) is 49.8 Å². The Morgan fingerprint density at radius 3 is 2.51 bits per heavy atom. The van der Waals surface area contributed by atoms with E-state index in [1.165, 1.54) is 25.5 Å². The Kier molecular flexibility index (Phi) is 9.70. The van der Waals surface area contributed by atoms with E-state index < -0.39 is 11.3 Å². The Hall–Kier alpha value is -3.29. The van der Waals surface area contributed by atoms with Crippen LogP contribution in [0.15, 0.2) is 41.6 Å². The van der Waals surface area contributed by atoms with Crippen LogP contribution in [0, 0.1) is 11.3 Å². The molecule has 2 aliphatic carbocycles. The highest BCUT2D eigenvalue weighted by atomic mass is 16.5. The zero-order valence-electron chi connectivity index (χ0n) is 23.6. The average molecular weight is 539 g/mol. The van der Waals surface area contributed by atoms with E-state index in [-0.39, 0.29) is 24.2 Å². The van der Waals surface area contributed by atoms with E-state index >= 15 is 0 Å². The van der Waals surface area contributed by atoms with Gasteiger partial charge < -0.3 is 24.4 Å². The summed E-state index contributed by atoms with van der Waals surface area (Å²) >= 11 is 0. The number of benzene rings is 1. The van der Waals surface area contributed by atoms with Crippen LogP contribution in [-0.4, -0.2) is 50.6 Å². The Morgan fingerprint density at radius 2 is 1.79 bits per heavy atom. The van der Waals surface area contributed by atoms with Gasteiger partial charge in [-0.25, -0.2) is 0 Å². The molecule has 1 aromatic carbocycles. The molecule has 0 spiro atoms. The molecule has 39 heavy (non-hydrogen) atoms. The van der Waals surface area contributed by atoms with Gasteiger partial charge in [0.25, 0.3) is 0 Å². The van der Waals surface area contributed by atoms with E-state index in [9.17, 15) is 14.4 Å². The van der Waals surface area contributed by atoms with Crippen LogP contribution < -0.4 is 14.8 Å². The van der Waals surface area contributed by atoms with Gasteiger partial charge in [0.1, 0.15) is 5.41 Å². The molecule has 3 aliphatic rings. The first-order valence-corrected chi connectivity index (χ1v) is 14.2. The highest BCUT2D eigenvalue weighted by Gasteiger charge is 2.53. The maximum Gasteiger partial charge on any atom is 0.317 e. The third kappa shape index (κ3) is 6.48. The minimum Gasteiger partial charge on any atom is -0.493 e. The van der Waals surface area contributed by atoms with Crippen molar-refractivity contribution in [3.63, 3.8) is 0 Å². The topological polar surface area (TPSA) is 94.2 Å². The van der Waals surface area contributed by atoms with Gasteiger partial charge in [-0.3, -0.25) is 14.4 Å². The number of rotatable bonds is 10. The van der Waals surface area contributed by atoms with Crippen LogP contribution in [-0.2, 0) is 25.7 Å². The van der Waals surface area contributed by atoms with Crippen molar-refractivity contribution in [1.82, 2.24) is 10.2 Å². The van der Waals surface area contributed by atoms with Gasteiger partial charge >= 0.3 is 5.97 Å². The third-order valence-corrected chi connectivity index (χ3v) is 8.37. The van der Waals surface area contributed by atoms with Crippen LogP contribution in [0.1, 0.15) is 76.2 Å². The summed E-state index contributed by atoms with van der Waals surface area (Å²) in [4.78, 5) is 42.2. The molecule has 8 heteroatoms. The van der Waals surface area contributed by atoms with Crippen LogP contribution in [0.3, 0.4) is 0 Å². The number of amides is 2. The number of piperidine rings is 1. The van der Waals surface area contributed by atoms with Crippen molar-refractivity contribution < 1.29 is 28.6 Å². The molecule has 212 valence electrons. The summed E-state index contributed by atoms with van der Waals surface area (Å²) < 4.78 is 16.0. The number of methoxy groups -OCH3 is 3. The molecule has 0 aromatic heterocycles. The van der Waals surface area contributed by atoms with Gasteiger partial charge in [-0.15, -0.1) is 0 Å². The van der Waals surface area contributed by atoms with E-state index in [0.29, 0.717) is 37.4 Å². The SMILES string of the molecule is COC(=O)[C@]12CCCCC=C1N(CCC1=CCCCC1)C(=O)[C@@H](CC(=O)NCc1ccc(OC)c(OC)c1)C2. The Bertz CT molecular complexity index is 1130. The number of nitrogens with one attached hydrogen (secondary N) is 1. The van der Waals surface area contributed by atoms with Gasteiger partial charge in [0.15, 0.2) is 11.5 Å². The second-order valence-electron chi connectivity index (χ2n) is 10.8. The lowest BCUT2D eigenvalue weighted by Gasteiger charge is -2.46. The molecule has 0 bridgehead atoms. The number of esters is 1. The van der Waals surface area contributed by atoms with Crippen molar-refractivity contribution in [2.75, 3.05) is 27.9 Å². The maximum absolute atomic E-state index is 13.9. The molecule has 0 unspecified atom stereocenters. The van der Waals surface area contributed by atoms with Crippen molar-refractivity contribution in [2.24, 2.45) is 11.3 Å². The predicted molar refractivity (Wildman–Crippen MR) is 148 cm³/mol. The molecule has 1 fully saturated rings. The quantitative estimate of drug-likeness (QED) is 0.330. The van der Waals surface area contributed by atoms with Crippen LogP contribution in [0.25, 0.3) is 0 Å². The van der Waals surface area contributed by atoms with Gasteiger partial charge in [-0.1, -0.05) is 30.2 Å². The molecule has 8 nitrogen and oxygen atoms in total. The van der Waals surface area contributed by atoms with Crippen molar-refractivity contribution in [3.8, 4) is 11.5 Å². The van der Waals surface area contributed by atoms with Gasteiger partial charge in [0.05, 0.1) is 21.3 Å². The minimum atomic E-state index is -0.894. The van der Waals surface area contributed by atoms with Gasteiger partial charge in [0.2, 0.25) is 11.8 Å². The second kappa shape index (κ2) is 13.2. The molecule has 4 rings (SSSR count). The normalized spacial score (nSPS) is 23.1. The molecule has 1 N–H and O–H groups in total. The van der Waals surface area contributed by atoms with Gasteiger partial charge in [-0.2, -0.15) is 0 Å². The lowest BCUT2D eigenvalue weighted by Crippen LogP contribution is -2.53. The lowest BCUT2D eigenvalue weighted by molar-refractivity contribution is -0.159. The summed E-state index contributed by atoms with van der Waals surface area (Å²) in [6.45, 7) is 0.824. The number of hydrogen-bond donors (Lipinski definition) is 1. The van der Waals surface area contributed by atoms with Crippen LogP contribution >= 0.6 is 0 Å². The van der Waals surface area contributed by atoms with E-state index in [1.807, 2.05) is 17.0 Å². The Morgan fingerprint density at radius 1 is 1.03 bits per heavy atom. The monoisotopic (exact) mass is 538 g/mol. The molecule has 0 radical (unpaired) electrons. The van der Waals surface area contributed by atoms with Crippen LogP contribution in [0.2, 0.25) is 0 Å². The van der Waals surface area contributed by atoms with Crippen molar-refractivity contribution in [1.29, 1.82) is 0 Å². The van der Waals surface area contributed by atoms with Crippen molar-refractivity contribution >= 4 is 17.8 Å². The zero-order valence-corrected chi connectivity index (χ0v) is 23.6. The molecule has 2 amide bonds. The average Bonchev–Trinajstić information content (AvgIpc) is 3.19. The number of nitrogens with zero attached hydrogens (tertiary/aromatic N) is 1. The summed E-state index contributed by atoms with van der Waals surface area (Å²) in [6.07, 6.45) is 13.3. The molecular weight excluding hydrogens is 496 g/mol. The number of ether oxygens (including phenoxy) is 3. The number of hydrogen-bond acceptors (Lipinski definition) is 6. The molecule has 0 saturated carbocycles. The minimum absolute atomic E-state index is 0.0251. The summed E-state index contributed by atoms with van der Waals surface area (Å²) in [5, 5.41) is 2.95. The maximum atomic E-state index is 13.9. The molecule has 1 aromatic rings. The molecule has 1 heterocycles. The highest BCUT2D eigenvalue weighted by molar-refractivity contribution is 5.92. The number of carbonyl (C=O) groups is 3. The highest BCUT2D eigenvalue weighted by Crippen LogP contribution is 2.49. The molecular formula is C31H42N2O6. The largest absolute Gasteiger partial charge is 0.493 e. The van der Waals surface area contributed by atoms with E-state index in [4.69, 9.17) is 14.2 Å². The summed E-state index contributed by atoms with van der Waals surface area (Å²) in [5.41, 5.74) is 2.13. The first-order valence-electron chi connectivity index (χ1n) is 14.2. The lowest BCUT2D eigenvalue weighted by atomic mass is 9.69. The first-order chi connectivity index (χ1) is 18.9. The first kappa shape index (κ1) is 28.7. The van der Waals surface area contributed by atoms with Gasteiger partial charge in [0, 0.05) is 31.1 Å². The Labute approximate surface area is 231 Å². The van der Waals surface area contributed by atoms with Crippen LogP contribution in [0.5, 0.6) is 11.5 Å². The van der Waals surface area contributed by atoms with Crippen LogP contribution in [0.4, 0.5) is 0 Å². The smallest absolute Gasteiger partial charge is 0.317 e. The van der Waals surface area contributed by atoms with Crippen molar-refractivity contribution in [2.45, 2.75) is 77.2 Å². The number of likely N-dealkylation sites (tertiary alicyclic amines) is 1. The van der Waals surface area contributed by atoms with Gasteiger partial charge in [-0.05, 0) is 75.5 Å². The standard InChI is InChI=1S/C31H42N2O6/c1-37-25-14-13-23(18-26(25)38-2)21-32-28(34)19-24-20-31(30(36)39-3)16-9-5-8-12-27(31)33(29(24)35)17-15-22-10-6-4-7-11-22/h10,12-14,18,24H,4-9,11,15-17,19-21H2,1-3H3,(H,32,34)/t24-,31-/m0/s1. The summed E-state index contributed by atoms with van der Waals surface area (Å²) in [5.74, 6) is 0.0123. The Balaban J connectivity index is 1.52. The third-order valence-electron chi connectivity index (χ3n) is 8.37. The fourth-order valence-corrected chi connectivity index (χ4v) is 6.31. The fraction of sp³-hybridized carbons (Fsp3) is 0.581. The fourth-order valence-electron chi connectivity index (χ4n) is 6.31. The van der Waals surface area contributed by atoms with Crippen molar-refractivity contribution in [3.05, 3.63) is 47.2 Å². The predicted octanol–water partition coefficient (Wildman–Crippen LogP) is 5.07. The molecule has 2 atom stereocenters. The zero-order chi connectivity index (χ0) is 27.8. The summed E-state index contributed by atoms with van der Waals surface area (Å²) in [6, 6.07) is 5.48. The van der Waals surface area contributed by atoms with E-state index in [1.54, 1.807) is 20.3 Å².